The van der Waals surface area contributed by atoms with Crippen LogP contribution in [0.5, 0.6) is 0 Å². The van der Waals surface area contributed by atoms with Crippen molar-refractivity contribution in [2.75, 3.05) is 13.1 Å². The number of nitrogens with zero attached hydrogens (tertiary/aromatic N) is 1. The number of fused-ring (bicyclic) bond motifs is 2. The van der Waals surface area contributed by atoms with Gasteiger partial charge in [0.05, 0.1) is 11.2 Å². The fourth-order valence-electron chi connectivity index (χ4n) is 3.33. The minimum Gasteiger partial charge on any atom is -0.464 e. The summed E-state index contributed by atoms with van der Waals surface area (Å²) < 4.78 is 33.4. The van der Waals surface area contributed by atoms with Crippen LogP contribution in [-0.2, 0) is 16.4 Å². The lowest BCUT2D eigenvalue weighted by Gasteiger charge is -2.15. The van der Waals surface area contributed by atoms with Gasteiger partial charge in [0, 0.05) is 35.8 Å². The van der Waals surface area contributed by atoms with Gasteiger partial charge in [-0.25, -0.2) is 13.1 Å². The van der Waals surface area contributed by atoms with E-state index in [1.807, 2.05) is 19.1 Å². The summed E-state index contributed by atoms with van der Waals surface area (Å²) in [7, 11) is -3.58. The van der Waals surface area contributed by atoms with E-state index in [9.17, 15) is 8.42 Å². The van der Waals surface area contributed by atoms with Crippen LogP contribution in [0.3, 0.4) is 0 Å². The maximum absolute atomic E-state index is 12.7. The first kappa shape index (κ1) is 22.2. The van der Waals surface area contributed by atoms with Gasteiger partial charge in [0.1, 0.15) is 5.58 Å². The zero-order chi connectivity index (χ0) is 20.3. The van der Waals surface area contributed by atoms with Gasteiger partial charge in [-0.2, -0.15) is 0 Å². The molecule has 0 radical (unpaired) electrons. The van der Waals surface area contributed by atoms with Crippen LogP contribution in [-0.4, -0.2) is 32.5 Å². The van der Waals surface area contributed by atoms with E-state index in [1.54, 1.807) is 42.9 Å². The van der Waals surface area contributed by atoms with Crippen molar-refractivity contribution in [3.63, 3.8) is 0 Å². The minimum absolute atomic E-state index is 0. The largest absolute Gasteiger partial charge is 0.464 e. The first-order valence-electron chi connectivity index (χ1n) is 9.54. The molecule has 1 atom stereocenters. The lowest BCUT2D eigenvalue weighted by molar-refractivity contribution is 0.537. The Morgan fingerprint density at radius 1 is 1.03 bits per heavy atom. The van der Waals surface area contributed by atoms with Gasteiger partial charge in [0.25, 0.3) is 0 Å². The second-order valence-electron chi connectivity index (χ2n) is 7.15. The van der Waals surface area contributed by atoms with E-state index in [-0.39, 0.29) is 23.3 Å². The molecule has 0 saturated carbocycles. The van der Waals surface area contributed by atoms with Gasteiger partial charge in [-0.1, -0.05) is 12.1 Å². The average Bonchev–Trinajstić information content (AvgIpc) is 3.18. The van der Waals surface area contributed by atoms with Gasteiger partial charge in [-0.15, -0.1) is 12.4 Å². The van der Waals surface area contributed by atoms with E-state index in [0.717, 1.165) is 34.7 Å². The Morgan fingerprint density at radius 3 is 2.77 bits per heavy atom. The molecule has 0 spiro atoms. The maximum Gasteiger partial charge on any atom is 0.240 e. The van der Waals surface area contributed by atoms with Crippen LogP contribution in [0.2, 0.25) is 0 Å². The van der Waals surface area contributed by atoms with Crippen LogP contribution in [0, 0.1) is 0 Å². The number of hydrogen-bond acceptors (Lipinski definition) is 5. The SMILES string of the molecule is C[C@H](CNCCc1ccc2occc2c1)NS(=O)(=O)c1ccc2cnccc2c1.Cl. The smallest absolute Gasteiger partial charge is 0.240 e. The summed E-state index contributed by atoms with van der Waals surface area (Å²) in [5, 5.41) is 6.18. The standard InChI is InChI=1S/C22H23N3O3S.ClH/c1-16(14-23-9-6-17-2-5-22-19(12-17)8-11-28-22)25-29(26,27)21-4-3-20-15-24-10-7-18(20)13-21;/h2-5,7-8,10-13,15-16,23,25H,6,9,14H2,1H3;1H/t16-;/m1./s1. The number of nitrogens with one attached hydrogen (secondary N) is 2. The van der Waals surface area contributed by atoms with Gasteiger partial charge in [-0.3, -0.25) is 4.98 Å². The van der Waals surface area contributed by atoms with Crippen molar-refractivity contribution in [3.8, 4) is 0 Å². The van der Waals surface area contributed by atoms with Crippen molar-refractivity contribution in [2.45, 2.75) is 24.3 Å². The van der Waals surface area contributed by atoms with Gasteiger partial charge >= 0.3 is 0 Å². The van der Waals surface area contributed by atoms with Crippen LogP contribution in [0.1, 0.15) is 12.5 Å². The quantitative estimate of drug-likeness (QED) is 0.402. The number of pyridine rings is 1. The number of aromatic nitrogens is 1. The zero-order valence-corrected chi connectivity index (χ0v) is 18.2. The van der Waals surface area contributed by atoms with Crippen LogP contribution in [0.25, 0.3) is 21.7 Å². The molecule has 30 heavy (non-hydrogen) atoms. The molecule has 0 fully saturated rings. The van der Waals surface area contributed by atoms with Crippen LogP contribution in [0.15, 0.2) is 76.5 Å². The summed E-state index contributed by atoms with van der Waals surface area (Å²) in [6.45, 7) is 3.16. The second kappa shape index (κ2) is 9.57. The van der Waals surface area contributed by atoms with Gasteiger partial charge in [0.2, 0.25) is 10.0 Å². The molecule has 0 aliphatic carbocycles. The fourth-order valence-corrected chi connectivity index (χ4v) is 4.60. The highest BCUT2D eigenvalue weighted by Crippen LogP contribution is 2.19. The summed E-state index contributed by atoms with van der Waals surface area (Å²) in [6, 6.07) is 14.7. The Morgan fingerprint density at radius 2 is 1.90 bits per heavy atom. The summed E-state index contributed by atoms with van der Waals surface area (Å²) in [5.74, 6) is 0. The molecule has 0 saturated heterocycles. The number of sulfonamides is 1. The number of benzene rings is 2. The summed E-state index contributed by atoms with van der Waals surface area (Å²) in [5.41, 5.74) is 2.10. The molecule has 0 unspecified atom stereocenters. The third kappa shape index (κ3) is 5.17. The molecule has 2 N–H and O–H groups in total. The second-order valence-corrected chi connectivity index (χ2v) is 8.87. The van der Waals surface area contributed by atoms with Crippen molar-refractivity contribution >= 4 is 44.2 Å². The molecule has 2 aromatic carbocycles. The maximum atomic E-state index is 12.7. The molecule has 2 aromatic heterocycles. The molecule has 6 nitrogen and oxygen atoms in total. The Kier molecular flexibility index (Phi) is 7.10. The van der Waals surface area contributed by atoms with Crippen molar-refractivity contribution in [1.29, 1.82) is 0 Å². The Bertz CT molecular complexity index is 1240. The molecule has 0 aliphatic rings. The van der Waals surface area contributed by atoms with E-state index in [0.29, 0.717) is 6.54 Å². The lowest BCUT2D eigenvalue weighted by atomic mass is 10.1. The molecule has 8 heteroatoms. The number of furan rings is 1. The summed E-state index contributed by atoms with van der Waals surface area (Å²) in [4.78, 5) is 4.31. The highest BCUT2D eigenvalue weighted by Gasteiger charge is 2.17. The van der Waals surface area contributed by atoms with Crippen LogP contribution in [0.4, 0.5) is 0 Å². The average molecular weight is 446 g/mol. The Hall–Kier alpha value is -2.45. The predicted octanol–water partition coefficient (Wildman–Crippen LogP) is 3.90. The topological polar surface area (TPSA) is 84.2 Å². The molecule has 0 bridgehead atoms. The van der Waals surface area contributed by atoms with Crippen molar-refractivity contribution in [3.05, 3.63) is 72.8 Å². The van der Waals surface area contributed by atoms with Gasteiger partial charge < -0.3 is 9.73 Å². The van der Waals surface area contributed by atoms with Crippen LogP contribution >= 0.6 is 12.4 Å². The van der Waals surface area contributed by atoms with E-state index < -0.39 is 10.0 Å². The Balaban J connectivity index is 0.00000256. The van der Waals surface area contributed by atoms with Crippen molar-refractivity contribution < 1.29 is 12.8 Å². The fraction of sp³-hybridized carbons (Fsp3) is 0.227. The molecular weight excluding hydrogens is 422 g/mol. The van der Waals surface area contributed by atoms with E-state index >= 15 is 0 Å². The number of hydrogen-bond donors (Lipinski definition) is 2. The first-order valence-corrected chi connectivity index (χ1v) is 11.0. The predicted molar refractivity (Wildman–Crippen MR) is 122 cm³/mol. The first-order chi connectivity index (χ1) is 14.0. The lowest BCUT2D eigenvalue weighted by Crippen LogP contribution is -2.40. The minimum atomic E-state index is -3.58. The van der Waals surface area contributed by atoms with E-state index in [1.165, 1.54) is 5.56 Å². The number of halogens is 1. The van der Waals surface area contributed by atoms with Crippen LogP contribution < -0.4 is 10.0 Å². The number of rotatable bonds is 8. The van der Waals surface area contributed by atoms with Crippen molar-refractivity contribution in [1.82, 2.24) is 15.0 Å². The normalized spacial score (nSPS) is 12.7. The summed E-state index contributed by atoms with van der Waals surface area (Å²) >= 11 is 0. The van der Waals surface area contributed by atoms with E-state index in [4.69, 9.17) is 4.42 Å². The molecular formula is C22H24ClN3O3S. The van der Waals surface area contributed by atoms with Gasteiger partial charge in [-0.05, 0) is 67.2 Å². The zero-order valence-electron chi connectivity index (χ0n) is 16.5. The molecule has 0 aliphatic heterocycles. The summed E-state index contributed by atoms with van der Waals surface area (Å²) in [6.07, 6.45) is 5.92. The molecule has 2 heterocycles. The molecule has 4 aromatic rings. The third-order valence-corrected chi connectivity index (χ3v) is 6.42. The van der Waals surface area contributed by atoms with Crippen molar-refractivity contribution in [2.24, 2.45) is 0 Å². The highest BCUT2D eigenvalue weighted by molar-refractivity contribution is 7.89. The van der Waals surface area contributed by atoms with E-state index in [2.05, 4.69) is 27.2 Å². The Labute approximate surface area is 182 Å². The molecule has 158 valence electrons. The third-order valence-electron chi connectivity index (χ3n) is 4.84. The molecule has 0 amide bonds. The molecule has 4 rings (SSSR count). The monoisotopic (exact) mass is 445 g/mol. The van der Waals surface area contributed by atoms with Gasteiger partial charge in [0.15, 0.2) is 0 Å². The highest BCUT2D eigenvalue weighted by atomic mass is 35.5.